The van der Waals surface area contributed by atoms with Gasteiger partial charge in [-0.25, -0.2) is 4.79 Å². The summed E-state index contributed by atoms with van der Waals surface area (Å²) in [7, 11) is 0. The van der Waals surface area contributed by atoms with Gasteiger partial charge in [0.15, 0.2) is 0 Å². The van der Waals surface area contributed by atoms with E-state index in [2.05, 4.69) is 10.2 Å². The van der Waals surface area contributed by atoms with Crippen LogP contribution in [0.4, 0.5) is 4.79 Å². The van der Waals surface area contributed by atoms with Crippen molar-refractivity contribution in [2.45, 2.75) is 46.1 Å². The molecule has 1 fully saturated rings. The third-order valence-electron chi connectivity index (χ3n) is 4.32. The molecule has 1 N–H and O–H groups in total. The minimum Gasteiger partial charge on any atom is -0.494 e. The monoisotopic (exact) mass is 382 g/mol. The van der Waals surface area contributed by atoms with Crippen LogP contribution in [0.15, 0.2) is 18.2 Å². The summed E-state index contributed by atoms with van der Waals surface area (Å²) in [5, 5.41) is 3.62. The molecule has 0 bridgehead atoms. The topological polar surface area (TPSA) is 50.8 Å². The molecule has 0 spiro atoms. The molecule has 1 aromatic carbocycles. The van der Waals surface area contributed by atoms with Crippen molar-refractivity contribution in [2.75, 3.05) is 32.8 Å². The maximum atomic E-state index is 11.8. The first kappa shape index (κ1) is 20.8. The maximum absolute atomic E-state index is 11.8. The Balaban J connectivity index is 1.76. The lowest BCUT2D eigenvalue weighted by atomic mass is 10.1. The highest BCUT2D eigenvalue weighted by Crippen LogP contribution is 2.24. The van der Waals surface area contributed by atoms with E-state index >= 15 is 0 Å². The number of carbonyl (C=O) groups is 1. The second-order valence-corrected chi connectivity index (χ2v) is 8.21. The average Bonchev–Trinajstić information content (AvgIpc) is 3.00. The first-order valence-corrected chi connectivity index (χ1v) is 9.75. The van der Waals surface area contributed by atoms with E-state index in [-0.39, 0.29) is 6.09 Å². The predicted octanol–water partition coefficient (Wildman–Crippen LogP) is 4.13. The molecular weight excluding hydrogens is 352 g/mol. The van der Waals surface area contributed by atoms with Crippen molar-refractivity contribution < 1.29 is 14.3 Å². The van der Waals surface area contributed by atoms with Gasteiger partial charge in [0.2, 0.25) is 0 Å². The van der Waals surface area contributed by atoms with Crippen LogP contribution in [0, 0.1) is 5.92 Å². The van der Waals surface area contributed by atoms with Crippen molar-refractivity contribution >= 4 is 17.7 Å². The normalized spacial score (nSPS) is 18.0. The van der Waals surface area contributed by atoms with Crippen LogP contribution in [-0.4, -0.2) is 49.4 Å². The molecule has 0 unspecified atom stereocenters. The number of amides is 1. The number of carbonyl (C=O) groups excluding carboxylic acids is 1. The zero-order chi connectivity index (χ0) is 19.2. The zero-order valence-corrected chi connectivity index (χ0v) is 17.1. The average molecular weight is 383 g/mol. The second-order valence-electron chi connectivity index (χ2n) is 7.77. The van der Waals surface area contributed by atoms with Crippen molar-refractivity contribution in [3.8, 4) is 5.75 Å². The third kappa shape index (κ3) is 7.04. The summed E-state index contributed by atoms with van der Waals surface area (Å²) in [6.07, 6.45) is 1.66. The number of alkyl carbamates (subject to hydrolysis) is 1. The summed E-state index contributed by atoms with van der Waals surface area (Å²) < 4.78 is 11.0. The number of rotatable bonds is 7. The molecule has 1 atom stereocenters. The lowest BCUT2D eigenvalue weighted by Gasteiger charge is -2.21. The number of likely N-dealkylation sites (tertiary alicyclic amines) is 1. The second kappa shape index (κ2) is 9.47. The van der Waals surface area contributed by atoms with Crippen LogP contribution in [0.2, 0.25) is 5.02 Å². The SMILES string of the molecule is CCOc1ccc(Cl)cc1CCN1CC[C@@H](CNC(=O)OC(C)(C)C)C1. The molecule has 146 valence electrons. The van der Waals surface area contributed by atoms with Crippen LogP contribution in [0.5, 0.6) is 5.75 Å². The number of halogens is 1. The van der Waals surface area contributed by atoms with Gasteiger partial charge >= 0.3 is 6.09 Å². The van der Waals surface area contributed by atoms with E-state index in [0.29, 0.717) is 19.1 Å². The van der Waals surface area contributed by atoms with Crippen molar-refractivity contribution in [2.24, 2.45) is 5.92 Å². The fraction of sp³-hybridized carbons (Fsp3) is 0.650. The Morgan fingerprint density at radius 2 is 2.15 bits per heavy atom. The van der Waals surface area contributed by atoms with Gasteiger partial charge in [0, 0.05) is 24.7 Å². The van der Waals surface area contributed by atoms with Crippen molar-refractivity contribution in [3.05, 3.63) is 28.8 Å². The van der Waals surface area contributed by atoms with Crippen LogP contribution in [0.1, 0.15) is 39.7 Å². The molecule has 1 amide bonds. The standard InChI is InChI=1S/C20H31ClN2O3/c1-5-25-18-7-6-17(21)12-16(18)9-11-23-10-8-15(14-23)13-22-19(24)26-20(2,3)4/h6-7,12,15H,5,8-11,13-14H2,1-4H3,(H,22,24)/t15-/m0/s1. The van der Waals surface area contributed by atoms with E-state index < -0.39 is 5.60 Å². The van der Waals surface area contributed by atoms with Gasteiger partial charge < -0.3 is 19.7 Å². The summed E-state index contributed by atoms with van der Waals surface area (Å²) in [6.45, 7) is 11.9. The summed E-state index contributed by atoms with van der Waals surface area (Å²) in [5.41, 5.74) is 0.691. The van der Waals surface area contributed by atoms with E-state index in [9.17, 15) is 4.79 Å². The summed E-state index contributed by atoms with van der Waals surface area (Å²) in [5.74, 6) is 1.38. The number of nitrogens with zero attached hydrogens (tertiary/aromatic N) is 1. The molecule has 1 aliphatic heterocycles. The molecule has 0 aromatic heterocycles. The first-order chi connectivity index (χ1) is 12.3. The summed E-state index contributed by atoms with van der Waals surface area (Å²) in [6, 6.07) is 5.80. The van der Waals surface area contributed by atoms with Crippen LogP contribution >= 0.6 is 11.6 Å². The first-order valence-electron chi connectivity index (χ1n) is 9.37. The fourth-order valence-electron chi connectivity index (χ4n) is 3.14. The van der Waals surface area contributed by atoms with E-state index in [0.717, 1.165) is 48.8 Å². The largest absolute Gasteiger partial charge is 0.494 e. The molecule has 1 heterocycles. The molecular formula is C20H31ClN2O3. The summed E-state index contributed by atoms with van der Waals surface area (Å²) >= 11 is 6.13. The van der Waals surface area contributed by atoms with Crippen LogP contribution < -0.4 is 10.1 Å². The van der Waals surface area contributed by atoms with Gasteiger partial charge in [-0.3, -0.25) is 0 Å². The highest BCUT2D eigenvalue weighted by atomic mass is 35.5. The van der Waals surface area contributed by atoms with Crippen molar-refractivity contribution in [1.29, 1.82) is 0 Å². The zero-order valence-electron chi connectivity index (χ0n) is 16.3. The van der Waals surface area contributed by atoms with Gasteiger partial charge in [-0.05, 0) is 76.8 Å². The van der Waals surface area contributed by atoms with Crippen LogP contribution in [0.25, 0.3) is 0 Å². The van der Waals surface area contributed by atoms with E-state index in [4.69, 9.17) is 21.1 Å². The Labute approximate surface area is 162 Å². The highest BCUT2D eigenvalue weighted by molar-refractivity contribution is 6.30. The Kier molecular flexibility index (Phi) is 7.59. The quantitative estimate of drug-likeness (QED) is 0.770. The molecule has 0 aliphatic carbocycles. The van der Waals surface area contributed by atoms with Gasteiger partial charge in [0.05, 0.1) is 6.61 Å². The van der Waals surface area contributed by atoms with E-state index in [1.807, 2.05) is 45.9 Å². The van der Waals surface area contributed by atoms with Gasteiger partial charge in [0.25, 0.3) is 0 Å². The molecule has 26 heavy (non-hydrogen) atoms. The molecule has 6 heteroatoms. The number of benzene rings is 1. The minimum atomic E-state index is -0.457. The Bertz CT molecular complexity index is 601. The van der Waals surface area contributed by atoms with Crippen LogP contribution in [0.3, 0.4) is 0 Å². The minimum absolute atomic E-state index is 0.337. The number of hydrogen-bond donors (Lipinski definition) is 1. The predicted molar refractivity (Wildman–Crippen MR) is 105 cm³/mol. The summed E-state index contributed by atoms with van der Waals surface area (Å²) in [4.78, 5) is 14.2. The molecule has 0 radical (unpaired) electrons. The Morgan fingerprint density at radius 1 is 1.38 bits per heavy atom. The number of nitrogens with one attached hydrogen (secondary N) is 1. The molecule has 2 rings (SSSR count). The van der Waals surface area contributed by atoms with Gasteiger partial charge in [-0.1, -0.05) is 11.6 Å². The van der Waals surface area contributed by atoms with E-state index in [1.165, 1.54) is 0 Å². The van der Waals surface area contributed by atoms with Gasteiger partial charge in [-0.15, -0.1) is 0 Å². The molecule has 1 saturated heterocycles. The Hall–Kier alpha value is -1.46. The lowest BCUT2D eigenvalue weighted by Crippen LogP contribution is -2.36. The smallest absolute Gasteiger partial charge is 0.407 e. The highest BCUT2D eigenvalue weighted by Gasteiger charge is 2.24. The van der Waals surface area contributed by atoms with Crippen LogP contribution in [-0.2, 0) is 11.2 Å². The van der Waals surface area contributed by atoms with Crippen molar-refractivity contribution in [3.63, 3.8) is 0 Å². The molecule has 0 saturated carbocycles. The maximum Gasteiger partial charge on any atom is 0.407 e. The molecule has 1 aliphatic rings. The third-order valence-corrected chi connectivity index (χ3v) is 4.56. The van der Waals surface area contributed by atoms with Gasteiger partial charge in [0.1, 0.15) is 11.4 Å². The molecule has 5 nitrogen and oxygen atoms in total. The van der Waals surface area contributed by atoms with E-state index in [1.54, 1.807) is 0 Å². The number of hydrogen-bond acceptors (Lipinski definition) is 4. The number of ether oxygens (including phenoxy) is 2. The molecule has 1 aromatic rings. The lowest BCUT2D eigenvalue weighted by molar-refractivity contribution is 0.0519. The Morgan fingerprint density at radius 3 is 2.85 bits per heavy atom. The van der Waals surface area contributed by atoms with Crippen molar-refractivity contribution in [1.82, 2.24) is 10.2 Å². The fourth-order valence-corrected chi connectivity index (χ4v) is 3.34. The van der Waals surface area contributed by atoms with Gasteiger partial charge in [-0.2, -0.15) is 0 Å².